The normalized spacial score (nSPS) is 13.8. The van der Waals surface area contributed by atoms with Crippen LogP contribution < -0.4 is 10.6 Å². The van der Waals surface area contributed by atoms with Gasteiger partial charge in [0, 0.05) is 43.9 Å². The average molecular weight is 513 g/mol. The number of nitrogens with one attached hydrogen (secondary N) is 2. The van der Waals surface area contributed by atoms with Crippen LogP contribution in [0.2, 0.25) is 10.0 Å². The maximum Gasteiger partial charge on any atom is 0.246 e. The van der Waals surface area contributed by atoms with Crippen LogP contribution in [0, 0.1) is 5.82 Å². The van der Waals surface area contributed by atoms with Crippen molar-refractivity contribution in [3.63, 3.8) is 0 Å². The fourth-order valence-electron chi connectivity index (χ4n) is 3.11. The lowest BCUT2D eigenvalue weighted by Crippen LogP contribution is -2.26. The van der Waals surface area contributed by atoms with Gasteiger partial charge < -0.3 is 10.2 Å². The summed E-state index contributed by atoms with van der Waals surface area (Å²) in [4.78, 5) is 17.9. The summed E-state index contributed by atoms with van der Waals surface area (Å²) in [5.41, 5.74) is 1.05. The molecule has 1 aliphatic rings. The second-order valence-corrected chi connectivity index (χ2v) is 10.1. The quantitative estimate of drug-likeness (QED) is 0.398. The lowest BCUT2D eigenvalue weighted by molar-refractivity contribution is -0.125. The van der Waals surface area contributed by atoms with Gasteiger partial charge >= 0.3 is 0 Å². The van der Waals surface area contributed by atoms with Crippen LogP contribution in [0.4, 0.5) is 4.39 Å². The molecule has 0 spiro atoms. The highest BCUT2D eigenvalue weighted by molar-refractivity contribution is 7.91. The summed E-state index contributed by atoms with van der Waals surface area (Å²) in [5, 5.41) is 5.95. The molecule has 7 nitrogen and oxygen atoms in total. The Hall–Kier alpha value is -2.46. The predicted octanol–water partition coefficient (Wildman–Crippen LogP) is 3.02. The number of carbonyl (C=O) groups is 1. The van der Waals surface area contributed by atoms with Gasteiger partial charge in [0.1, 0.15) is 17.5 Å². The van der Waals surface area contributed by atoms with Crippen LogP contribution in [0.3, 0.4) is 0 Å². The molecular weight excluding hydrogens is 490 g/mol. The van der Waals surface area contributed by atoms with E-state index in [9.17, 15) is 17.6 Å². The van der Waals surface area contributed by atoms with Crippen LogP contribution >= 0.6 is 23.2 Å². The van der Waals surface area contributed by atoms with E-state index in [0.29, 0.717) is 23.5 Å². The van der Waals surface area contributed by atoms with E-state index in [4.69, 9.17) is 23.2 Å². The molecule has 0 aromatic heterocycles. The number of sulfone groups is 1. The first-order chi connectivity index (χ1) is 15.7. The van der Waals surface area contributed by atoms with Gasteiger partial charge in [-0.15, -0.1) is 0 Å². The van der Waals surface area contributed by atoms with Crippen molar-refractivity contribution in [1.82, 2.24) is 15.5 Å². The van der Waals surface area contributed by atoms with Crippen molar-refractivity contribution < 1.29 is 17.6 Å². The van der Waals surface area contributed by atoms with Crippen LogP contribution in [0.5, 0.6) is 0 Å². The zero-order valence-electron chi connectivity index (χ0n) is 17.8. The van der Waals surface area contributed by atoms with Gasteiger partial charge in [-0.2, -0.15) is 0 Å². The number of hydrogen-bond donors (Lipinski definition) is 2. The van der Waals surface area contributed by atoms with Crippen LogP contribution in [-0.2, 0) is 21.2 Å². The van der Waals surface area contributed by atoms with E-state index in [1.165, 1.54) is 41.3 Å². The number of rotatable bonds is 9. The number of likely N-dealkylation sites (N-methyl/N-ethyl adjacent to an activating group) is 1. The summed E-state index contributed by atoms with van der Waals surface area (Å²) in [6.07, 6.45) is 2.80. The highest BCUT2D eigenvalue weighted by atomic mass is 35.5. The topological polar surface area (TPSA) is 90.9 Å². The Bertz CT molecular complexity index is 1200. The SMILES string of the molecule is CN(Cc1ccc(C2=NCCN2)cc1F)C(=O)/C=C/CNCS(=O)(=O)c1cccc(Cl)c1Cl. The molecule has 0 saturated heterocycles. The zero-order chi connectivity index (χ0) is 24.0. The minimum atomic E-state index is -3.70. The molecule has 2 N–H and O–H groups in total. The first-order valence-electron chi connectivity index (χ1n) is 10.1. The van der Waals surface area contributed by atoms with Gasteiger partial charge in [-0.1, -0.05) is 47.5 Å². The van der Waals surface area contributed by atoms with E-state index in [1.807, 2.05) is 0 Å². The minimum absolute atomic E-state index is 0.0268. The fraction of sp³-hybridized carbons (Fsp3) is 0.273. The minimum Gasteiger partial charge on any atom is -0.368 e. The van der Waals surface area contributed by atoms with Crippen LogP contribution in [-0.4, -0.2) is 57.6 Å². The van der Waals surface area contributed by atoms with Crippen molar-refractivity contribution in [1.29, 1.82) is 0 Å². The summed E-state index contributed by atoms with van der Waals surface area (Å²) in [7, 11) is -2.14. The van der Waals surface area contributed by atoms with Crippen LogP contribution in [0.1, 0.15) is 11.1 Å². The number of amidine groups is 1. The molecule has 1 heterocycles. The molecule has 1 aliphatic heterocycles. The fourth-order valence-corrected chi connectivity index (χ4v) is 5.03. The molecule has 0 aliphatic carbocycles. The zero-order valence-corrected chi connectivity index (χ0v) is 20.1. The second-order valence-electron chi connectivity index (χ2n) is 7.33. The van der Waals surface area contributed by atoms with E-state index in [1.54, 1.807) is 19.2 Å². The molecule has 0 saturated carbocycles. The highest BCUT2D eigenvalue weighted by Gasteiger charge is 2.19. The monoisotopic (exact) mass is 512 g/mol. The summed E-state index contributed by atoms with van der Waals surface area (Å²) < 4.78 is 39.3. The van der Waals surface area contributed by atoms with E-state index in [-0.39, 0.29) is 39.8 Å². The molecule has 1 amide bonds. The van der Waals surface area contributed by atoms with E-state index in [2.05, 4.69) is 15.6 Å². The number of nitrogens with zero attached hydrogens (tertiary/aromatic N) is 2. The molecule has 0 fully saturated rings. The van der Waals surface area contributed by atoms with E-state index >= 15 is 0 Å². The molecule has 33 heavy (non-hydrogen) atoms. The van der Waals surface area contributed by atoms with Crippen LogP contribution in [0.15, 0.2) is 58.4 Å². The van der Waals surface area contributed by atoms with E-state index in [0.717, 1.165) is 6.54 Å². The van der Waals surface area contributed by atoms with Crippen molar-refractivity contribution >= 4 is 44.8 Å². The molecule has 11 heteroatoms. The maximum absolute atomic E-state index is 14.5. The van der Waals surface area contributed by atoms with E-state index < -0.39 is 15.7 Å². The Morgan fingerprint density at radius 1 is 1.30 bits per heavy atom. The van der Waals surface area contributed by atoms with Crippen molar-refractivity contribution in [2.24, 2.45) is 4.99 Å². The lowest BCUT2D eigenvalue weighted by Gasteiger charge is -2.16. The summed E-state index contributed by atoms with van der Waals surface area (Å²) in [5.74, 6) is -0.471. The molecular formula is C22H23Cl2FN4O3S. The summed E-state index contributed by atoms with van der Waals surface area (Å²) in [6, 6.07) is 9.18. The Morgan fingerprint density at radius 3 is 2.79 bits per heavy atom. The van der Waals surface area contributed by atoms with Crippen molar-refractivity contribution in [3.8, 4) is 0 Å². The van der Waals surface area contributed by atoms with Crippen molar-refractivity contribution in [2.75, 3.05) is 32.6 Å². The summed E-state index contributed by atoms with van der Waals surface area (Å²) in [6.45, 7) is 1.62. The maximum atomic E-state index is 14.5. The van der Waals surface area contributed by atoms with Crippen molar-refractivity contribution in [2.45, 2.75) is 11.4 Å². The molecule has 176 valence electrons. The third-order valence-corrected chi connectivity index (χ3v) is 7.38. The Kier molecular flexibility index (Phi) is 8.47. The van der Waals surface area contributed by atoms with Gasteiger partial charge in [0.05, 0.1) is 21.5 Å². The molecule has 0 bridgehead atoms. The Balaban J connectivity index is 1.50. The number of hydrogen-bond acceptors (Lipinski definition) is 6. The van der Waals surface area contributed by atoms with Gasteiger partial charge in [0.25, 0.3) is 0 Å². The second kappa shape index (κ2) is 11.1. The lowest BCUT2D eigenvalue weighted by atomic mass is 10.1. The number of carbonyl (C=O) groups excluding carboxylic acids is 1. The third kappa shape index (κ3) is 6.54. The number of halogens is 3. The predicted molar refractivity (Wildman–Crippen MR) is 128 cm³/mol. The average Bonchev–Trinajstić information content (AvgIpc) is 3.31. The molecule has 2 aromatic rings. The van der Waals surface area contributed by atoms with Gasteiger partial charge in [-0.05, 0) is 18.2 Å². The van der Waals surface area contributed by atoms with Crippen molar-refractivity contribution in [3.05, 3.63) is 75.5 Å². The standard InChI is InChI=1S/C22H23Cl2FN4O3S/c1-29(13-16-8-7-15(12-18(16)25)22-27-10-11-28-22)20(30)6-3-9-26-14-33(31,32)19-5-2-4-17(23)21(19)24/h2-8,12,26H,9-11,13-14H2,1H3,(H,27,28)/b6-3+. The Labute approximate surface area is 202 Å². The molecule has 2 aromatic carbocycles. The smallest absolute Gasteiger partial charge is 0.246 e. The number of benzene rings is 2. The first-order valence-corrected chi connectivity index (χ1v) is 12.5. The number of amides is 1. The third-order valence-electron chi connectivity index (χ3n) is 4.85. The van der Waals surface area contributed by atoms with Gasteiger partial charge in [0.15, 0.2) is 9.84 Å². The molecule has 0 unspecified atom stereocenters. The largest absolute Gasteiger partial charge is 0.368 e. The van der Waals surface area contributed by atoms with Gasteiger partial charge in [-0.3, -0.25) is 15.1 Å². The Morgan fingerprint density at radius 2 is 2.09 bits per heavy atom. The highest BCUT2D eigenvalue weighted by Crippen LogP contribution is 2.29. The van der Waals surface area contributed by atoms with Crippen LogP contribution in [0.25, 0.3) is 0 Å². The molecule has 0 radical (unpaired) electrons. The first kappa shape index (κ1) is 25.2. The summed E-state index contributed by atoms with van der Waals surface area (Å²) >= 11 is 11.8. The van der Waals surface area contributed by atoms with Gasteiger partial charge in [-0.25, -0.2) is 12.8 Å². The number of aliphatic imine (C=N–C) groups is 1. The van der Waals surface area contributed by atoms with Gasteiger partial charge in [0.2, 0.25) is 5.91 Å². The molecule has 3 rings (SSSR count). The molecule has 0 atom stereocenters.